The maximum atomic E-state index is 13.6. The Morgan fingerprint density at radius 2 is 1.97 bits per heavy atom. The van der Waals surface area contributed by atoms with Crippen molar-refractivity contribution in [3.8, 4) is 23.8 Å². The smallest absolute Gasteiger partial charge is 0.259 e. The number of hydrogen-bond donors (Lipinski definition) is 1. The van der Waals surface area contributed by atoms with Crippen LogP contribution in [0.25, 0.3) is 0 Å². The molecule has 5 nitrogen and oxygen atoms in total. The number of amides is 1. The molecule has 38 heavy (non-hydrogen) atoms. The van der Waals surface area contributed by atoms with Crippen LogP contribution in [0, 0.1) is 23.7 Å². The number of carbonyl (C=O) groups is 1. The molecule has 0 saturated carbocycles. The molecule has 1 aliphatic rings. The van der Waals surface area contributed by atoms with Gasteiger partial charge in [0.25, 0.3) is 5.91 Å². The number of thiophene rings is 1. The summed E-state index contributed by atoms with van der Waals surface area (Å²) in [6.07, 6.45) is 9.97. The zero-order chi connectivity index (χ0) is 27.3. The van der Waals surface area contributed by atoms with Crippen LogP contribution in [0.1, 0.15) is 60.5 Å². The molecular weight excluding hydrogens is 516 g/mol. The Kier molecular flexibility index (Phi) is 8.81. The number of fused-ring (bicyclic) bond motifs is 1. The quantitative estimate of drug-likeness (QED) is 0.229. The average Bonchev–Trinajstić information content (AvgIpc) is 3.26. The van der Waals surface area contributed by atoms with E-state index in [-0.39, 0.29) is 17.9 Å². The lowest BCUT2D eigenvalue weighted by Crippen LogP contribution is -2.27. The maximum absolute atomic E-state index is 13.6. The van der Waals surface area contributed by atoms with Gasteiger partial charge in [-0.2, -0.15) is 0 Å². The highest BCUT2D eigenvalue weighted by atomic mass is 35.5. The minimum Gasteiger partial charge on any atom is -0.490 e. The SMILES string of the molecule is C#CCOc1ccc(C=Nc2sc3c(c2C(=O)Nc2ccc(Cl)cc2)CC[C@H](C(C)(C)C)C3)cc1OCC. The summed E-state index contributed by atoms with van der Waals surface area (Å²) in [5.41, 5.74) is 3.51. The molecule has 7 heteroatoms. The Bertz CT molecular complexity index is 1360. The van der Waals surface area contributed by atoms with Crippen molar-refractivity contribution in [3.63, 3.8) is 0 Å². The highest BCUT2D eigenvalue weighted by molar-refractivity contribution is 7.16. The first-order valence-corrected chi connectivity index (χ1v) is 14.0. The topological polar surface area (TPSA) is 59.9 Å². The Labute approximate surface area is 234 Å². The van der Waals surface area contributed by atoms with E-state index in [0.29, 0.717) is 45.3 Å². The Morgan fingerprint density at radius 3 is 2.66 bits per heavy atom. The molecule has 3 aromatic rings. The molecule has 1 heterocycles. The van der Waals surface area contributed by atoms with Crippen molar-refractivity contribution in [3.05, 3.63) is 69.1 Å². The molecule has 1 aliphatic carbocycles. The second-order valence-corrected chi connectivity index (χ2v) is 11.9. The summed E-state index contributed by atoms with van der Waals surface area (Å²) in [5, 5.41) is 4.37. The van der Waals surface area contributed by atoms with Crippen LogP contribution in [0.3, 0.4) is 0 Å². The van der Waals surface area contributed by atoms with E-state index >= 15 is 0 Å². The van der Waals surface area contributed by atoms with E-state index in [4.69, 9.17) is 32.5 Å². The number of aliphatic imine (C=N–C) groups is 1. The number of terminal acetylenes is 1. The summed E-state index contributed by atoms with van der Waals surface area (Å²) in [7, 11) is 0. The van der Waals surface area contributed by atoms with Gasteiger partial charge >= 0.3 is 0 Å². The van der Waals surface area contributed by atoms with Gasteiger partial charge in [-0.25, -0.2) is 4.99 Å². The molecule has 1 N–H and O–H groups in total. The third kappa shape index (κ3) is 6.59. The van der Waals surface area contributed by atoms with E-state index < -0.39 is 0 Å². The number of nitrogens with one attached hydrogen (secondary N) is 1. The lowest BCUT2D eigenvalue weighted by atomic mass is 9.72. The summed E-state index contributed by atoms with van der Waals surface area (Å²) in [4.78, 5) is 19.6. The van der Waals surface area contributed by atoms with E-state index in [1.54, 1.807) is 41.8 Å². The summed E-state index contributed by atoms with van der Waals surface area (Å²) in [6, 6.07) is 12.7. The van der Waals surface area contributed by atoms with Gasteiger partial charge in [0.15, 0.2) is 11.5 Å². The molecule has 0 radical (unpaired) electrons. The summed E-state index contributed by atoms with van der Waals surface area (Å²) < 4.78 is 11.3. The molecule has 0 spiro atoms. The first-order chi connectivity index (χ1) is 18.2. The van der Waals surface area contributed by atoms with Crippen molar-refractivity contribution < 1.29 is 14.3 Å². The molecule has 4 rings (SSSR count). The number of halogens is 1. The van der Waals surface area contributed by atoms with E-state index in [9.17, 15) is 4.79 Å². The number of carbonyl (C=O) groups excluding carboxylic acids is 1. The lowest BCUT2D eigenvalue weighted by Gasteiger charge is -2.33. The number of rotatable bonds is 8. The first-order valence-electron chi connectivity index (χ1n) is 12.8. The third-order valence-corrected chi connectivity index (χ3v) is 8.12. The van der Waals surface area contributed by atoms with Crippen LogP contribution in [-0.4, -0.2) is 25.3 Å². The zero-order valence-electron chi connectivity index (χ0n) is 22.3. The molecule has 0 bridgehead atoms. The van der Waals surface area contributed by atoms with Crippen molar-refractivity contribution in [2.45, 2.75) is 47.0 Å². The predicted octanol–water partition coefficient (Wildman–Crippen LogP) is 7.97. The second-order valence-electron chi connectivity index (χ2n) is 10.3. The van der Waals surface area contributed by atoms with Crippen LogP contribution < -0.4 is 14.8 Å². The fourth-order valence-corrected chi connectivity index (χ4v) is 6.00. The van der Waals surface area contributed by atoms with Gasteiger partial charge in [-0.05, 0) is 91.1 Å². The average molecular weight is 549 g/mol. The highest BCUT2D eigenvalue weighted by Crippen LogP contribution is 2.45. The number of ether oxygens (including phenoxy) is 2. The van der Waals surface area contributed by atoms with Crippen molar-refractivity contribution in [2.24, 2.45) is 16.3 Å². The van der Waals surface area contributed by atoms with Crippen LogP contribution >= 0.6 is 22.9 Å². The molecule has 198 valence electrons. The minimum atomic E-state index is -0.154. The Morgan fingerprint density at radius 1 is 1.21 bits per heavy atom. The van der Waals surface area contributed by atoms with Crippen LogP contribution in [0.4, 0.5) is 10.7 Å². The monoisotopic (exact) mass is 548 g/mol. The Hall–Kier alpha value is -3.27. The van der Waals surface area contributed by atoms with Gasteiger partial charge in [0.2, 0.25) is 0 Å². The predicted molar refractivity (Wildman–Crippen MR) is 158 cm³/mol. The number of benzene rings is 2. The minimum absolute atomic E-state index is 0.154. The molecule has 1 amide bonds. The van der Waals surface area contributed by atoms with Gasteiger partial charge in [0.05, 0.1) is 12.2 Å². The molecule has 2 aromatic carbocycles. The lowest BCUT2D eigenvalue weighted by molar-refractivity contribution is 0.102. The van der Waals surface area contributed by atoms with Gasteiger partial charge < -0.3 is 14.8 Å². The van der Waals surface area contributed by atoms with Gasteiger partial charge in [-0.15, -0.1) is 17.8 Å². The van der Waals surface area contributed by atoms with Gasteiger partial charge in [-0.1, -0.05) is 38.3 Å². The fourth-order valence-electron chi connectivity index (χ4n) is 4.61. The molecule has 1 atom stereocenters. The van der Waals surface area contributed by atoms with Crippen LogP contribution in [0.5, 0.6) is 11.5 Å². The van der Waals surface area contributed by atoms with Crippen LogP contribution in [0.15, 0.2) is 47.5 Å². The van der Waals surface area contributed by atoms with Crippen molar-refractivity contribution in [1.29, 1.82) is 0 Å². The fraction of sp³-hybridized carbons (Fsp3) is 0.355. The van der Waals surface area contributed by atoms with Crippen LogP contribution in [-0.2, 0) is 12.8 Å². The molecular formula is C31H33ClN2O3S. The number of hydrogen-bond acceptors (Lipinski definition) is 5. The zero-order valence-corrected chi connectivity index (χ0v) is 23.8. The third-order valence-electron chi connectivity index (χ3n) is 6.71. The molecule has 1 aromatic heterocycles. The Balaban J connectivity index is 1.68. The molecule has 0 unspecified atom stereocenters. The van der Waals surface area contributed by atoms with Crippen LogP contribution in [0.2, 0.25) is 5.02 Å². The number of nitrogens with zero attached hydrogens (tertiary/aromatic N) is 1. The van der Waals surface area contributed by atoms with Crippen molar-refractivity contribution in [1.82, 2.24) is 0 Å². The molecule has 0 aliphatic heterocycles. The summed E-state index contributed by atoms with van der Waals surface area (Å²) in [6.45, 7) is 9.44. The largest absolute Gasteiger partial charge is 0.490 e. The summed E-state index contributed by atoms with van der Waals surface area (Å²) >= 11 is 7.64. The normalized spacial score (nSPS) is 15.1. The van der Waals surface area contributed by atoms with Gasteiger partial charge in [0.1, 0.15) is 11.6 Å². The molecule has 0 saturated heterocycles. The maximum Gasteiger partial charge on any atom is 0.259 e. The second kappa shape index (κ2) is 12.1. The van der Waals surface area contributed by atoms with Crippen molar-refractivity contribution >= 4 is 45.7 Å². The molecule has 0 fully saturated rings. The van der Waals surface area contributed by atoms with E-state index in [1.165, 1.54) is 4.88 Å². The van der Waals surface area contributed by atoms with E-state index in [0.717, 1.165) is 30.4 Å². The summed E-state index contributed by atoms with van der Waals surface area (Å²) in [5.74, 6) is 4.07. The van der Waals surface area contributed by atoms with Gasteiger partial charge in [0, 0.05) is 21.8 Å². The standard InChI is InChI=1S/C31H33ClN2O3S/c1-6-16-37-25-15-8-20(17-26(25)36-7-2)19-33-30-28(29(35)34-23-12-10-22(32)11-13-23)24-14-9-21(31(3,4)5)18-27(24)38-30/h1,8,10-13,15,17,19,21H,7,9,14,16,18H2,2-5H3,(H,34,35)/t21-/m0/s1. The van der Waals surface area contributed by atoms with Gasteiger partial charge in [-0.3, -0.25) is 4.79 Å². The first kappa shape index (κ1) is 27.8. The number of anilines is 1. The highest BCUT2D eigenvalue weighted by Gasteiger charge is 2.33. The van der Waals surface area contributed by atoms with E-state index in [1.807, 2.05) is 25.1 Å². The van der Waals surface area contributed by atoms with E-state index in [2.05, 4.69) is 32.0 Å². The van der Waals surface area contributed by atoms with Crippen molar-refractivity contribution in [2.75, 3.05) is 18.5 Å².